The van der Waals surface area contributed by atoms with Crippen molar-refractivity contribution >= 4 is 11.6 Å². The number of rotatable bonds is 7. The highest BCUT2D eigenvalue weighted by Crippen LogP contribution is 2.22. The van der Waals surface area contributed by atoms with Gasteiger partial charge in [0.15, 0.2) is 0 Å². The van der Waals surface area contributed by atoms with Crippen LogP contribution in [-0.2, 0) is 17.8 Å². The summed E-state index contributed by atoms with van der Waals surface area (Å²) in [7, 11) is 0. The van der Waals surface area contributed by atoms with Gasteiger partial charge in [0.1, 0.15) is 0 Å². The number of nitrogens with one attached hydrogen (secondary N) is 1. The lowest BCUT2D eigenvalue weighted by atomic mass is 9.96. The van der Waals surface area contributed by atoms with Crippen molar-refractivity contribution in [3.05, 3.63) is 88.6 Å². The van der Waals surface area contributed by atoms with Crippen molar-refractivity contribution in [3.63, 3.8) is 0 Å². The number of benzene rings is 1. The average Bonchev–Trinajstić information content (AvgIpc) is 2.82. The molecule has 1 fully saturated rings. The Labute approximate surface area is 181 Å². The molecule has 1 N–H and O–H groups in total. The highest BCUT2D eigenvalue weighted by Gasteiger charge is 2.26. The van der Waals surface area contributed by atoms with Crippen LogP contribution >= 0.6 is 0 Å². The summed E-state index contributed by atoms with van der Waals surface area (Å²) in [5.74, 6) is -0.0120. The highest BCUT2D eigenvalue weighted by molar-refractivity contribution is 5.79. The van der Waals surface area contributed by atoms with E-state index >= 15 is 0 Å². The maximum absolute atomic E-state index is 12.7. The molecular formula is C24H27N5O2. The van der Waals surface area contributed by atoms with Gasteiger partial charge in [-0.05, 0) is 42.5 Å². The predicted octanol–water partition coefficient (Wildman–Crippen LogP) is 2.26. The first kappa shape index (κ1) is 20.8. The molecule has 0 bridgehead atoms. The molecule has 1 aliphatic rings. The van der Waals surface area contributed by atoms with Gasteiger partial charge in [-0.25, -0.2) is 4.68 Å². The van der Waals surface area contributed by atoms with E-state index in [9.17, 15) is 9.59 Å². The second-order valence-electron chi connectivity index (χ2n) is 7.88. The first-order valence-electron chi connectivity index (χ1n) is 10.7. The standard InChI is InChI=1S/C24H27N5O2/c30-23-15-22(16-27-29(23)17-20-5-2-1-3-6-20)28-14-4-7-21(18-28)24(31)26-13-10-19-8-11-25-12-9-19/h1-3,5-6,8-9,11-12,15-16,21H,4,7,10,13-14,17-18H2,(H,26,31)/t21-/m1/s1. The lowest BCUT2D eigenvalue weighted by molar-refractivity contribution is -0.125. The van der Waals surface area contributed by atoms with E-state index in [-0.39, 0.29) is 17.4 Å². The Morgan fingerprint density at radius 1 is 1.10 bits per heavy atom. The van der Waals surface area contributed by atoms with Crippen LogP contribution in [0.4, 0.5) is 5.69 Å². The molecule has 7 heteroatoms. The second kappa shape index (κ2) is 10.0. The molecule has 4 rings (SSSR count). The summed E-state index contributed by atoms with van der Waals surface area (Å²) in [6, 6.07) is 15.3. The zero-order chi connectivity index (χ0) is 21.5. The lowest BCUT2D eigenvalue weighted by Crippen LogP contribution is -2.44. The Bertz CT molecular complexity index is 1050. The van der Waals surface area contributed by atoms with Gasteiger partial charge in [0.2, 0.25) is 5.91 Å². The van der Waals surface area contributed by atoms with Gasteiger partial charge in [-0.2, -0.15) is 5.10 Å². The number of piperidine rings is 1. The topological polar surface area (TPSA) is 80.1 Å². The minimum Gasteiger partial charge on any atom is -0.369 e. The molecule has 0 spiro atoms. The van der Waals surface area contributed by atoms with Gasteiger partial charge in [-0.1, -0.05) is 30.3 Å². The lowest BCUT2D eigenvalue weighted by Gasteiger charge is -2.33. The number of pyridine rings is 1. The molecule has 1 aromatic carbocycles. The van der Waals surface area contributed by atoms with Crippen LogP contribution in [0.1, 0.15) is 24.0 Å². The molecule has 0 radical (unpaired) electrons. The van der Waals surface area contributed by atoms with Crippen molar-refractivity contribution in [1.29, 1.82) is 0 Å². The van der Waals surface area contributed by atoms with Crippen molar-refractivity contribution < 1.29 is 4.79 Å². The Morgan fingerprint density at radius 3 is 2.68 bits per heavy atom. The van der Waals surface area contributed by atoms with Crippen molar-refractivity contribution in [2.45, 2.75) is 25.8 Å². The molecule has 1 atom stereocenters. The molecule has 1 amide bonds. The molecular weight excluding hydrogens is 390 g/mol. The molecule has 3 aromatic rings. The fourth-order valence-corrected chi connectivity index (χ4v) is 3.92. The summed E-state index contributed by atoms with van der Waals surface area (Å²) in [6.45, 7) is 2.48. The Morgan fingerprint density at radius 2 is 1.90 bits per heavy atom. The van der Waals surface area contributed by atoms with Gasteiger partial charge in [0.25, 0.3) is 5.56 Å². The fraction of sp³-hybridized carbons (Fsp3) is 0.333. The molecule has 0 aliphatic carbocycles. The van der Waals surface area contributed by atoms with Crippen molar-refractivity contribution in [2.24, 2.45) is 5.92 Å². The third-order valence-corrected chi connectivity index (χ3v) is 5.65. The smallest absolute Gasteiger partial charge is 0.269 e. The van der Waals surface area contributed by atoms with E-state index < -0.39 is 0 Å². The van der Waals surface area contributed by atoms with E-state index in [1.807, 2.05) is 42.5 Å². The number of anilines is 1. The van der Waals surface area contributed by atoms with Crippen LogP contribution in [0.15, 0.2) is 71.9 Å². The SMILES string of the molecule is O=C(NCCc1ccncc1)[C@@H]1CCCN(c2cnn(Cc3ccccc3)c(=O)c2)C1. The van der Waals surface area contributed by atoms with Crippen LogP contribution in [-0.4, -0.2) is 40.3 Å². The molecule has 160 valence electrons. The van der Waals surface area contributed by atoms with Gasteiger partial charge in [-0.15, -0.1) is 0 Å². The molecule has 1 saturated heterocycles. The summed E-state index contributed by atoms with van der Waals surface area (Å²) in [6.07, 6.45) is 7.81. The average molecular weight is 418 g/mol. The van der Waals surface area contributed by atoms with Crippen molar-refractivity contribution in [3.8, 4) is 0 Å². The molecule has 0 unspecified atom stereocenters. The first-order chi connectivity index (χ1) is 15.2. The Kier molecular flexibility index (Phi) is 6.72. The summed E-state index contributed by atoms with van der Waals surface area (Å²) in [5, 5.41) is 7.41. The zero-order valence-electron chi connectivity index (χ0n) is 17.5. The van der Waals surface area contributed by atoms with E-state index in [1.54, 1.807) is 24.7 Å². The van der Waals surface area contributed by atoms with E-state index in [1.165, 1.54) is 4.68 Å². The molecule has 3 heterocycles. The second-order valence-corrected chi connectivity index (χ2v) is 7.88. The van der Waals surface area contributed by atoms with Gasteiger partial charge >= 0.3 is 0 Å². The Balaban J connectivity index is 1.34. The minimum absolute atomic E-state index is 0.0733. The number of hydrogen-bond donors (Lipinski definition) is 1. The van der Waals surface area contributed by atoms with E-state index in [4.69, 9.17) is 0 Å². The monoisotopic (exact) mass is 417 g/mol. The molecule has 0 saturated carbocycles. The van der Waals surface area contributed by atoms with Crippen molar-refractivity contribution in [2.75, 3.05) is 24.5 Å². The number of nitrogens with zero attached hydrogens (tertiary/aromatic N) is 4. The quantitative estimate of drug-likeness (QED) is 0.638. The Hall–Kier alpha value is -3.48. The maximum atomic E-state index is 12.7. The molecule has 2 aromatic heterocycles. The van der Waals surface area contributed by atoms with E-state index in [0.29, 0.717) is 19.6 Å². The number of carbonyl (C=O) groups excluding carboxylic acids is 1. The van der Waals surface area contributed by atoms with Gasteiger partial charge in [-0.3, -0.25) is 14.6 Å². The van der Waals surface area contributed by atoms with Gasteiger partial charge in [0.05, 0.1) is 24.3 Å². The third kappa shape index (κ3) is 5.57. The largest absolute Gasteiger partial charge is 0.369 e. The molecule has 7 nitrogen and oxygen atoms in total. The van der Waals surface area contributed by atoms with Crippen LogP contribution in [0.2, 0.25) is 0 Å². The van der Waals surface area contributed by atoms with Crippen LogP contribution in [0.5, 0.6) is 0 Å². The zero-order valence-corrected chi connectivity index (χ0v) is 17.5. The summed E-state index contributed by atoms with van der Waals surface area (Å²) >= 11 is 0. The predicted molar refractivity (Wildman–Crippen MR) is 120 cm³/mol. The van der Waals surface area contributed by atoms with E-state index in [2.05, 4.69) is 20.3 Å². The number of aromatic nitrogens is 3. The molecule has 31 heavy (non-hydrogen) atoms. The van der Waals surface area contributed by atoms with Crippen LogP contribution in [0.25, 0.3) is 0 Å². The summed E-state index contributed by atoms with van der Waals surface area (Å²) in [4.78, 5) is 31.3. The highest BCUT2D eigenvalue weighted by atomic mass is 16.2. The minimum atomic E-state index is -0.134. The maximum Gasteiger partial charge on any atom is 0.269 e. The van der Waals surface area contributed by atoms with Crippen LogP contribution in [0.3, 0.4) is 0 Å². The van der Waals surface area contributed by atoms with Crippen LogP contribution in [0, 0.1) is 5.92 Å². The van der Waals surface area contributed by atoms with E-state index in [0.717, 1.165) is 42.6 Å². The van der Waals surface area contributed by atoms with Gasteiger partial charge < -0.3 is 10.2 Å². The first-order valence-corrected chi connectivity index (χ1v) is 10.7. The number of hydrogen-bond acceptors (Lipinski definition) is 5. The van der Waals surface area contributed by atoms with Gasteiger partial charge in [0, 0.05) is 38.1 Å². The summed E-state index contributed by atoms with van der Waals surface area (Å²) < 4.78 is 1.46. The number of amides is 1. The number of carbonyl (C=O) groups is 1. The molecule has 1 aliphatic heterocycles. The normalized spacial score (nSPS) is 16.1. The third-order valence-electron chi connectivity index (χ3n) is 5.65. The van der Waals surface area contributed by atoms with Crippen LogP contribution < -0.4 is 15.8 Å². The van der Waals surface area contributed by atoms with Crippen molar-refractivity contribution in [1.82, 2.24) is 20.1 Å². The fourth-order valence-electron chi connectivity index (χ4n) is 3.92. The summed E-state index contributed by atoms with van der Waals surface area (Å²) in [5.41, 5.74) is 2.84.